The molecule has 0 saturated heterocycles. The van der Waals surface area contributed by atoms with Crippen molar-refractivity contribution in [2.45, 2.75) is 20.8 Å². The number of aryl methyl sites for hydroxylation is 3. The fourth-order valence-electron chi connectivity index (χ4n) is 10.0. The van der Waals surface area contributed by atoms with Crippen molar-refractivity contribution >= 4 is 64.6 Å². The van der Waals surface area contributed by atoms with Gasteiger partial charge in [0.15, 0.2) is 5.76 Å². The van der Waals surface area contributed by atoms with Gasteiger partial charge >= 0.3 is 0 Å². The Balaban J connectivity index is 1.27. The highest BCUT2D eigenvalue weighted by atomic mass is 16.4. The summed E-state index contributed by atoms with van der Waals surface area (Å²) in [4.78, 5) is 5.00. The first-order chi connectivity index (χ1) is 29.5. The zero-order valence-corrected chi connectivity index (χ0v) is 33.7. The van der Waals surface area contributed by atoms with Crippen LogP contribution in [0, 0.1) is 20.8 Å². The smallest absolute Gasteiger partial charge is 0.227 e. The lowest BCUT2D eigenvalue weighted by atomic mass is 9.81. The second kappa shape index (κ2) is 13.2. The van der Waals surface area contributed by atoms with Gasteiger partial charge in [0.1, 0.15) is 0 Å². The number of benzene rings is 11. The van der Waals surface area contributed by atoms with Gasteiger partial charge in [-0.05, 0) is 148 Å². The molecular formula is C58H39NO. The van der Waals surface area contributed by atoms with E-state index in [0.717, 1.165) is 27.8 Å². The average molecular weight is 766 g/mol. The minimum absolute atomic E-state index is 0.610. The molecule has 11 aromatic carbocycles. The number of rotatable bonds is 5. The number of oxazole rings is 1. The van der Waals surface area contributed by atoms with Crippen LogP contribution in [0.25, 0.3) is 121 Å². The molecule has 2 heteroatoms. The molecule has 1 heterocycles. The molecule has 0 radical (unpaired) electrons. The van der Waals surface area contributed by atoms with Crippen LogP contribution in [0.1, 0.15) is 16.7 Å². The normalized spacial score (nSPS) is 11.9. The second-order valence-electron chi connectivity index (χ2n) is 16.3. The van der Waals surface area contributed by atoms with Gasteiger partial charge in [0, 0.05) is 11.1 Å². The Morgan fingerprint density at radius 1 is 0.317 bits per heavy atom. The molecule has 0 bridgehead atoms. The van der Waals surface area contributed by atoms with E-state index in [1.54, 1.807) is 0 Å². The first-order valence-electron chi connectivity index (χ1n) is 20.8. The van der Waals surface area contributed by atoms with E-state index < -0.39 is 0 Å². The molecule has 0 aliphatic rings. The SMILES string of the molecule is Cc1ccc(-c2cc(-c3ncc(-c4ccccc4)o3)c3ccc4c(-c5ccc(C)c6ccccc56)cc(-c5ccc(C)c6ccccc56)c5ccc2c3c45)c2ccccc12. The van der Waals surface area contributed by atoms with Crippen molar-refractivity contribution in [1.29, 1.82) is 0 Å². The van der Waals surface area contributed by atoms with E-state index in [-0.39, 0.29) is 0 Å². The average Bonchev–Trinajstić information content (AvgIpc) is 3.80. The Kier molecular flexibility index (Phi) is 7.61. The summed E-state index contributed by atoms with van der Waals surface area (Å²) in [6.07, 6.45) is 1.87. The maximum absolute atomic E-state index is 6.74. The minimum atomic E-state index is 0.610. The molecule has 0 fully saturated rings. The lowest BCUT2D eigenvalue weighted by Gasteiger charge is -2.22. The largest absolute Gasteiger partial charge is 0.436 e. The third-order valence-corrected chi connectivity index (χ3v) is 13.0. The molecule has 0 N–H and O–H groups in total. The fourth-order valence-corrected chi connectivity index (χ4v) is 10.0. The molecule has 1 aromatic heterocycles. The quantitative estimate of drug-likeness (QED) is 0.163. The Hall–Kier alpha value is -7.55. The lowest BCUT2D eigenvalue weighted by molar-refractivity contribution is 0.589. The molecule has 0 spiro atoms. The highest BCUT2D eigenvalue weighted by Crippen LogP contribution is 2.51. The number of hydrogen-bond donors (Lipinski definition) is 0. The Bertz CT molecular complexity index is 3580. The maximum Gasteiger partial charge on any atom is 0.227 e. The summed E-state index contributed by atoms with van der Waals surface area (Å²) in [5.74, 6) is 1.36. The fraction of sp³-hybridized carbons (Fsp3) is 0.0517. The zero-order valence-electron chi connectivity index (χ0n) is 33.7. The van der Waals surface area contributed by atoms with Crippen LogP contribution in [-0.2, 0) is 0 Å². The van der Waals surface area contributed by atoms with Gasteiger partial charge in [-0.1, -0.05) is 164 Å². The van der Waals surface area contributed by atoms with E-state index in [9.17, 15) is 0 Å². The lowest BCUT2D eigenvalue weighted by Crippen LogP contribution is -1.96. The predicted octanol–water partition coefficient (Wildman–Crippen LogP) is 16.3. The van der Waals surface area contributed by atoms with E-state index in [0.29, 0.717) is 5.89 Å². The van der Waals surface area contributed by atoms with Gasteiger partial charge in [0.25, 0.3) is 0 Å². The van der Waals surface area contributed by atoms with Crippen molar-refractivity contribution in [3.8, 4) is 56.2 Å². The number of fused-ring (bicyclic) bond motifs is 3. The summed E-state index contributed by atoms with van der Waals surface area (Å²) in [5, 5.41) is 14.8. The molecule has 60 heavy (non-hydrogen) atoms. The third-order valence-electron chi connectivity index (χ3n) is 13.0. The van der Waals surface area contributed by atoms with Crippen LogP contribution in [-0.4, -0.2) is 4.98 Å². The van der Waals surface area contributed by atoms with Crippen LogP contribution in [0.2, 0.25) is 0 Å². The number of nitrogens with zero attached hydrogens (tertiary/aromatic N) is 1. The molecule has 282 valence electrons. The van der Waals surface area contributed by atoms with Crippen molar-refractivity contribution in [1.82, 2.24) is 4.98 Å². The van der Waals surface area contributed by atoms with E-state index in [4.69, 9.17) is 9.40 Å². The van der Waals surface area contributed by atoms with Crippen LogP contribution < -0.4 is 0 Å². The molecule has 12 aromatic rings. The summed E-state index contributed by atoms with van der Waals surface area (Å²) >= 11 is 0. The van der Waals surface area contributed by atoms with Gasteiger partial charge in [-0.25, -0.2) is 4.98 Å². The van der Waals surface area contributed by atoms with Crippen LogP contribution in [0.15, 0.2) is 187 Å². The highest BCUT2D eigenvalue weighted by Gasteiger charge is 2.24. The van der Waals surface area contributed by atoms with Crippen molar-refractivity contribution in [2.24, 2.45) is 0 Å². The standard InChI is InChI=1S/C58H39NO/c1-34-21-24-44(41-18-10-7-15-38(34)41)51-31-52(45-25-22-35(2)39-16-8-11-19-42(39)45)48-29-30-50-54(58-59-33-55(60-58)37-13-5-4-6-14-37)32-53(49-28-27-47(51)56(48)57(49)50)46-26-23-36(3)40-17-9-12-20-43(40)46/h4-33H,1-3H3. The zero-order chi connectivity index (χ0) is 40.1. The molecule has 0 saturated carbocycles. The third kappa shape index (κ3) is 5.11. The first-order valence-corrected chi connectivity index (χ1v) is 20.8. The summed E-state index contributed by atoms with van der Waals surface area (Å²) in [6, 6.07) is 64.7. The van der Waals surface area contributed by atoms with Gasteiger partial charge in [0.2, 0.25) is 5.89 Å². The Morgan fingerprint density at radius 3 is 1.12 bits per heavy atom. The van der Waals surface area contributed by atoms with Gasteiger partial charge in [-0.2, -0.15) is 0 Å². The van der Waals surface area contributed by atoms with E-state index in [2.05, 4.69) is 178 Å². The molecule has 0 amide bonds. The monoisotopic (exact) mass is 765 g/mol. The molecule has 2 nitrogen and oxygen atoms in total. The van der Waals surface area contributed by atoms with E-state index in [1.165, 1.54) is 104 Å². The van der Waals surface area contributed by atoms with Crippen LogP contribution in [0.3, 0.4) is 0 Å². The number of aromatic nitrogens is 1. The molecule has 0 aliphatic heterocycles. The second-order valence-corrected chi connectivity index (χ2v) is 16.3. The number of hydrogen-bond acceptors (Lipinski definition) is 2. The predicted molar refractivity (Wildman–Crippen MR) is 254 cm³/mol. The van der Waals surface area contributed by atoms with Crippen molar-refractivity contribution in [3.05, 3.63) is 199 Å². The summed E-state index contributed by atoms with van der Waals surface area (Å²) in [5.41, 5.74) is 13.1. The van der Waals surface area contributed by atoms with Crippen molar-refractivity contribution in [3.63, 3.8) is 0 Å². The van der Waals surface area contributed by atoms with Gasteiger partial charge in [-0.15, -0.1) is 0 Å². The first kappa shape index (κ1) is 34.5. The van der Waals surface area contributed by atoms with Gasteiger partial charge in [0.05, 0.1) is 6.20 Å². The minimum Gasteiger partial charge on any atom is -0.436 e. The van der Waals surface area contributed by atoms with E-state index >= 15 is 0 Å². The Morgan fingerprint density at radius 2 is 0.683 bits per heavy atom. The van der Waals surface area contributed by atoms with Gasteiger partial charge in [-0.3, -0.25) is 0 Å². The van der Waals surface area contributed by atoms with Crippen LogP contribution in [0.4, 0.5) is 0 Å². The maximum atomic E-state index is 6.74. The summed E-state index contributed by atoms with van der Waals surface area (Å²) in [7, 11) is 0. The van der Waals surface area contributed by atoms with Crippen molar-refractivity contribution in [2.75, 3.05) is 0 Å². The van der Waals surface area contributed by atoms with Crippen LogP contribution in [0.5, 0.6) is 0 Å². The summed E-state index contributed by atoms with van der Waals surface area (Å²) in [6.45, 7) is 6.62. The van der Waals surface area contributed by atoms with Gasteiger partial charge < -0.3 is 4.42 Å². The topological polar surface area (TPSA) is 26.0 Å². The highest BCUT2D eigenvalue weighted by molar-refractivity contribution is 6.33. The molecule has 0 aliphatic carbocycles. The summed E-state index contributed by atoms with van der Waals surface area (Å²) < 4.78 is 6.74. The molecule has 0 unspecified atom stereocenters. The van der Waals surface area contributed by atoms with Crippen molar-refractivity contribution < 1.29 is 4.42 Å². The molecule has 0 atom stereocenters. The Labute approximate surface area is 348 Å². The van der Waals surface area contributed by atoms with Crippen LogP contribution >= 0.6 is 0 Å². The molecular weight excluding hydrogens is 727 g/mol. The molecule has 12 rings (SSSR count). The van der Waals surface area contributed by atoms with E-state index in [1.807, 2.05) is 24.4 Å².